The molecule has 0 fully saturated rings. The first kappa shape index (κ1) is 26.5. The molecule has 190 valence electrons. The van der Waals surface area contributed by atoms with Crippen LogP contribution in [0.4, 0.5) is 5.69 Å². The van der Waals surface area contributed by atoms with E-state index in [1.807, 2.05) is 37.2 Å². The first-order chi connectivity index (χ1) is 17.7. The molecular formula is C29H30Cl2N6. The predicted octanol–water partition coefficient (Wildman–Crippen LogP) is 7.21. The summed E-state index contributed by atoms with van der Waals surface area (Å²) in [5.41, 5.74) is 6.23. The van der Waals surface area contributed by atoms with Gasteiger partial charge in [-0.2, -0.15) is 5.26 Å². The van der Waals surface area contributed by atoms with Gasteiger partial charge in [0, 0.05) is 37.9 Å². The van der Waals surface area contributed by atoms with Gasteiger partial charge in [-0.3, -0.25) is 0 Å². The molecule has 0 aliphatic heterocycles. The van der Waals surface area contributed by atoms with Crippen LogP contribution in [0.5, 0.6) is 0 Å². The molecule has 0 aliphatic rings. The van der Waals surface area contributed by atoms with Gasteiger partial charge in [0.25, 0.3) is 0 Å². The lowest BCUT2D eigenvalue weighted by molar-refractivity contribution is 0.317. The minimum absolute atomic E-state index is 0.285. The minimum atomic E-state index is 0.285. The molecule has 0 spiro atoms. The Bertz CT molecular complexity index is 1460. The molecule has 37 heavy (non-hydrogen) atoms. The number of pyridine rings is 2. The van der Waals surface area contributed by atoms with Crippen molar-refractivity contribution in [3.8, 4) is 6.07 Å². The molecule has 6 nitrogen and oxygen atoms in total. The molecule has 3 aromatic heterocycles. The van der Waals surface area contributed by atoms with Crippen LogP contribution < -0.4 is 4.90 Å². The van der Waals surface area contributed by atoms with E-state index in [1.54, 1.807) is 18.2 Å². The SMILES string of the molecule is Cc1cn(C)c2nc(CN(Cc3ccccc3)/C(=C/C#N)N(C)c3cc(Cl)nc(Cl)c3)cc(C(C)C)c12. The summed E-state index contributed by atoms with van der Waals surface area (Å²) in [6.45, 7) is 7.62. The number of hydrogen-bond donors (Lipinski definition) is 0. The van der Waals surface area contributed by atoms with Gasteiger partial charge in [0.1, 0.15) is 21.8 Å². The summed E-state index contributed by atoms with van der Waals surface area (Å²) in [5.74, 6) is 1.03. The number of allylic oxidation sites excluding steroid dienone is 1. The Kier molecular flexibility index (Phi) is 8.06. The molecule has 0 saturated carbocycles. The van der Waals surface area contributed by atoms with Crippen LogP contribution in [0, 0.1) is 18.3 Å². The summed E-state index contributed by atoms with van der Waals surface area (Å²) in [7, 11) is 3.92. The molecule has 4 rings (SSSR count). The summed E-state index contributed by atoms with van der Waals surface area (Å²) < 4.78 is 2.08. The van der Waals surface area contributed by atoms with E-state index < -0.39 is 0 Å². The second-order valence-corrected chi connectivity index (χ2v) is 10.3. The van der Waals surface area contributed by atoms with Crippen LogP contribution in [0.2, 0.25) is 10.3 Å². The molecule has 0 amide bonds. The molecular weight excluding hydrogens is 503 g/mol. The Hall–Kier alpha value is -3.53. The van der Waals surface area contributed by atoms with Crippen LogP contribution in [0.1, 0.15) is 42.1 Å². The quantitative estimate of drug-likeness (QED) is 0.177. The molecule has 0 saturated heterocycles. The van der Waals surface area contributed by atoms with Crippen molar-refractivity contribution in [1.29, 1.82) is 5.26 Å². The van der Waals surface area contributed by atoms with Gasteiger partial charge in [-0.05, 0) is 47.7 Å². The number of aromatic nitrogens is 3. The number of aryl methyl sites for hydroxylation is 2. The highest BCUT2D eigenvalue weighted by Gasteiger charge is 2.21. The zero-order valence-electron chi connectivity index (χ0n) is 21.7. The van der Waals surface area contributed by atoms with Crippen molar-refractivity contribution >= 4 is 39.9 Å². The average Bonchev–Trinajstić information content (AvgIpc) is 3.14. The second-order valence-electron chi connectivity index (χ2n) is 9.48. The summed E-state index contributed by atoms with van der Waals surface area (Å²) in [6, 6.07) is 18.1. The lowest BCUT2D eigenvalue weighted by atomic mass is 9.98. The maximum atomic E-state index is 9.76. The molecule has 0 unspecified atom stereocenters. The van der Waals surface area contributed by atoms with Gasteiger partial charge in [0.2, 0.25) is 0 Å². The van der Waals surface area contributed by atoms with E-state index in [0.29, 0.717) is 24.8 Å². The molecule has 0 aliphatic carbocycles. The maximum Gasteiger partial charge on any atom is 0.140 e. The third kappa shape index (κ3) is 5.90. The number of anilines is 1. The Morgan fingerprint density at radius 3 is 2.38 bits per heavy atom. The summed E-state index contributed by atoms with van der Waals surface area (Å²) in [4.78, 5) is 13.2. The Labute approximate surface area is 228 Å². The molecule has 0 radical (unpaired) electrons. The maximum absolute atomic E-state index is 9.76. The van der Waals surface area contributed by atoms with Crippen molar-refractivity contribution < 1.29 is 0 Å². The largest absolute Gasteiger partial charge is 0.347 e. The van der Waals surface area contributed by atoms with Gasteiger partial charge in [-0.15, -0.1) is 0 Å². The normalized spacial score (nSPS) is 11.7. The van der Waals surface area contributed by atoms with Crippen LogP contribution in [-0.4, -0.2) is 26.5 Å². The highest BCUT2D eigenvalue weighted by molar-refractivity contribution is 6.32. The third-order valence-corrected chi connectivity index (χ3v) is 6.77. The van der Waals surface area contributed by atoms with Crippen LogP contribution in [0.3, 0.4) is 0 Å². The van der Waals surface area contributed by atoms with Crippen LogP contribution >= 0.6 is 23.2 Å². The first-order valence-corrected chi connectivity index (χ1v) is 12.8. The number of rotatable bonds is 8. The Morgan fingerprint density at radius 1 is 1.08 bits per heavy atom. The van der Waals surface area contributed by atoms with Crippen molar-refractivity contribution in [2.75, 3.05) is 11.9 Å². The molecule has 0 atom stereocenters. The fourth-order valence-electron chi connectivity index (χ4n) is 4.67. The van der Waals surface area contributed by atoms with Crippen molar-refractivity contribution in [1.82, 2.24) is 19.4 Å². The summed E-state index contributed by atoms with van der Waals surface area (Å²) in [5, 5.41) is 11.5. The highest BCUT2D eigenvalue weighted by atomic mass is 35.5. The minimum Gasteiger partial charge on any atom is -0.347 e. The third-order valence-electron chi connectivity index (χ3n) is 6.39. The smallest absolute Gasteiger partial charge is 0.140 e. The fraction of sp³-hybridized carbons (Fsp3) is 0.276. The van der Waals surface area contributed by atoms with E-state index >= 15 is 0 Å². The number of nitriles is 1. The van der Waals surface area contributed by atoms with Gasteiger partial charge >= 0.3 is 0 Å². The van der Waals surface area contributed by atoms with Gasteiger partial charge in [-0.1, -0.05) is 67.4 Å². The monoisotopic (exact) mass is 532 g/mol. The topological polar surface area (TPSA) is 61.0 Å². The molecule has 1 aromatic carbocycles. The van der Waals surface area contributed by atoms with E-state index in [0.717, 1.165) is 22.6 Å². The van der Waals surface area contributed by atoms with Gasteiger partial charge < -0.3 is 14.4 Å². The van der Waals surface area contributed by atoms with E-state index in [9.17, 15) is 5.26 Å². The average molecular weight is 534 g/mol. The highest BCUT2D eigenvalue weighted by Crippen LogP contribution is 2.31. The van der Waals surface area contributed by atoms with E-state index in [2.05, 4.69) is 65.7 Å². The molecule has 0 N–H and O–H groups in total. The van der Waals surface area contributed by atoms with Crippen LogP contribution in [0.25, 0.3) is 11.0 Å². The van der Waals surface area contributed by atoms with Crippen molar-refractivity contribution in [3.05, 3.63) is 99.3 Å². The van der Waals surface area contributed by atoms with E-state index in [-0.39, 0.29) is 10.3 Å². The summed E-state index contributed by atoms with van der Waals surface area (Å²) >= 11 is 12.4. The zero-order chi connectivity index (χ0) is 26.7. The molecule has 4 aromatic rings. The predicted molar refractivity (Wildman–Crippen MR) is 152 cm³/mol. The van der Waals surface area contributed by atoms with E-state index in [4.69, 9.17) is 28.2 Å². The Morgan fingerprint density at radius 2 is 1.76 bits per heavy atom. The first-order valence-electron chi connectivity index (χ1n) is 12.1. The lowest BCUT2D eigenvalue weighted by Gasteiger charge is -2.33. The van der Waals surface area contributed by atoms with Gasteiger partial charge in [-0.25, -0.2) is 9.97 Å². The van der Waals surface area contributed by atoms with Crippen molar-refractivity contribution in [2.24, 2.45) is 7.05 Å². The molecule has 8 heteroatoms. The zero-order valence-corrected chi connectivity index (χ0v) is 23.2. The summed E-state index contributed by atoms with van der Waals surface area (Å²) in [6.07, 6.45) is 3.67. The standard InChI is InChI=1S/C29H30Cl2N6/c1-19(2)24-13-22(33-29-28(24)20(3)16-35(29)4)18-37(17-21-9-7-6-8-10-21)27(11-12-32)36(5)23-14-25(30)34-26(31)15-23/h6-11,13-16,19H,17-18H2,1-5H3/b27-11+. The second kappa shape index (κ2) is 11.2. The van der Waals surface area contributed by atoms with Crippen LogP contribution in [0.15, 0.2) is 66.6 Å². The molecule has 0 bridgehead atoms. The number of fused-ring (bicyclic) bond motifs is 1. The lowest BCUT2D eigenvalue weighted by Crippen LogP contribution is -2.33. The van der Waals surface area contributed by atoms with Crippen molar-refractivity contribution in [2.45, 2.75) is 39.8 Å². The number of hydrogen-bond acceptors (Lipinski definition) is 5. The van der Waals surface area contributed by atoms with Crippen LogP contribution in [-0.2, 0) is 20.1 Å². The number of benzene rings is 1. The fourth-order valence-corrected chi connectivity index (χ4v) is 5.12. The number of nitrogens with zero attached hydrogens (tertiary/aromatic N) is 6. The van der Waals surface area contributed by atoms with E-state index in [1.165, 1.54) is 16.5 Å². The van der Waals surface area contributed by atoms with Gasteiger partial charge in [0.05, 0.1) is 24.4 Å². The molecule has 3 heterocycles. The van der Waals surface area contributed by atoms with Gasteiger partial charge in [0.15, 0.2) is 0 Å². The van der Waals surface area contributed by atoms with Crippen molar-refractivity contribution in [3.63, 3.8) is 0 Å². The number of halogens is 2. The Balaban J connectivity index is 1.82.